The highest BCUT2D eigenvalue weighted by molar-refractivity contribution is 5.87. The predicted octanol–water partition coefficient (Wildman–Crippen LogP) is 3.07. The van der Waals surface area contributed by atoms with Gasteiger partial charge in [0.15, 0.2) is 0 Å². The Hall–Kier alpha value is -0.790. The average molecular weight is 208 g/mol. The number of hydrogen-bond acceptors (Lipinski definition) is 2. The number of ether oxygens (including phenoxy) is 1. The first-order chi connectivity index (χ1) is 7.19. The van der Waals surface area contributed by atoms with Gasteiger partial charge in [0.2, 0.25) is 0 Å². The second-order valence-corrected chi connectivity index (χ2v) is 5.00. The summed E-state index contributed by atoms with van der Waals surface area (Å²) in [6, 6.07) is 0. The van der Waals surface area contributed by atoms with Gasteiger partial charge in [-0.3, -0.25) is 0 Å². The molecule has 2 nitrogen and oxygen atoms in total. The van der Waals surface area contributed by atoms with Gasteiger partial charge in [0.25, 0.3) is 0 Å². The van der Waals surface area contributed by atoms with Crippen LogP contribution in [0, 0.1) is 11.8 Å². The fourth-order valence-corrected chi connectivity index (χ4v) is 2.92. The molecule has 2 rings (SSSR count). The van der Waals surface area contributed by atoms with Crippen LogP contribution in [-0.4, -0.2) is 12.1 Å². The maximum absolute atomic E-state index is 11.6. The fourth-order valence-electron chi connectivity index (χ4n) is 2.92. The zero-order valence-electron chi connectivity index (χ0n) is 9.50. The van der Waals surface area contributed by atoms with Gasteiger partial charge in [-0.1, -0.05) is 26.3 Å². The van der Waals surface area contributed by atoms with Gasteiger partial charge in [-0.15, -0.1) is 0 Å². The monoisotopic (exact) mass is 208 g/mol. The Labute approximate surface area is 91.7 Å². The number of hydrogen-bond donors (Lipinski definition) is 0. The van der Waals surface area contributed by atoms with Gasteiger partial charge < -0.3 is 4.74 Å². The molecule has 2 aliphatic rings. The van der Waals surface area contributed by atoms with Gasteiger partial charge in [0.05, 0.1) is 0 Å². The molecule has 2 bridgehead atoms. The Bertz CT molecular complexity index is 258. The van der Waals surface area contributed by atoms with E-state index in [1.165, 1.54) is 19.3 Å². The second-order valence-electron chi connectivity index (χ2n) is 5.00. The molecule has 2 atom stereocenters. The Kier molecular flexibility index (Phi) is 3.13. The molecule has 84 valence electrons. The summed E-state index contributed by atoms with van der Waals surface area (Å²) in [4.78, 5) is 11.6. The van der Waals surface area contributed by atoms with E-state index in [2.05, 4.69) is 6.58 Å². The van der Waals surface area contributed by atoms with E-state index in [0.717, 1.165) is 24.7 Å². The third-order valence-corrected chi connectivity index (χ3v) is 3.83. The van der Waals surface area contributed by atoms with Gasteiger partial charge in [-0.05, 0) is 37.5 Å². The Morgan fingerprint density at radius 3 is 2.40 bits per heavy atom. The minimum Gasteiger partial charge on any atom is -0.459 e. The maximum atomic E-state index is 11.6. The Morgan fingerprint density at radius 1 is 1.27 bits per heavy atom. The van der Waals surface area contributed by atoms with Gasteiger partial charge in [-0.2, -0.15) is 0 Å². The largest absolute Gasteiger partial charge is 0.459 e. The summed E-state index contributed by atoms with van der Waals surface area (Å²) >= 11 is 0. The summed E-state index contributed by atoms with van der Waals surface area (Å²) in [6.07, 6.45) is 7.08. The lowest BCUT2D eigenvalue weighted by Crippen LogP contribution is -2.26. The summed E-state index contributed by atoms with van der Waals surface area (Å²) in [5.74, 6) is 1.46. The fraction of sp³-hybridized carbons (Fsp3) is 0.769. The molecule has 0 saturated heterocycles. The summed E-state index contributed by atoms with van der Waals surface area (Å²) < 4.78 is 5.49. The number of rotatable bonds is 3. The number of esters is 1. The zero-order valence-corrected chi connectivity index (χ0v) is 9.50. The van der Waals surface area contributed by atoms with Crippen LogP contribution in [0.25, 0.3) is 0 Å². The molecule has 0 amide bonds. The van der Waals surface area contributed by atoms with Crippen molar-refractivity contribution in [3.63, 3.8) is 0 Å². The summed E-state index contributed by atoms with van der Waals surface area (Å²) in [7, 11) is 0. The van der Waals surface area contributed by atoms with E-state index >= 15 is 0 Å². The van der Waals surface area contributed by atoms with Crippen LogP contribution in [0.2, 0.25) is 0 Å². The van der Waals surface area contributed by atoms with Crippen molar-refractivity contribution >= 4 is 5.97 Å². The highest BCUT2D eigenvalue weighted by Gasteiger charge is 2.35. The normalized spacial score (nSPS) is 33.8. The van der Waals surface area contributed by atoms with Crippen molar-refractivity contribution < 1.29 is 9.53 Å². The zero-order chi connectivity index (χ0) is 10.8. The van der Waals surface area contributed by atoms with E-state index < -0.39 is 0 Å². The molecule has 0 heterocycles. The molecule has 0 spiro atoms. The summed E-state index contributed by atoms with van der Waals surface area (Å²) in [5.41, 5.74) is 0.605. The van der Waals surface area contributed by atoms with E-state index in [1.54, 1.807) is 0 Å². The quantitative estimate of drug-likeness (QED) is 0.526. The molecular weight excluding hydrogens is 188 g/mol. The third-order valence-electron chi connectivity index (χ3n) is 3.83. The van der Waals surface area contributed by atoms with Crippen molar-refractivity contribution in [1.29, 1.82) is 0 Å². The highest BCUT2D eigenvalue weighted by Crippen LogP contribution is 2.42. The molecule has 2 aliphatic carbocycles. The van der Waals surface area contributed by atoms with E-state index in [4.69, 9.17) is 4.74 Å². The van der Waals surface area contributed by atoms with E-state index in [9.17, 15) is 4.79 Å². The van der Waals surface area contributed by atoms with E-state index in [0.29, 0.717) is 12.0 Å². The lowest BCUT2D eigenvalue weighted by molar-refractivity contribution is -0.146. The predicted molar refractivity (Wildman–Crippen MR) is 59.4 cm³/mol. The van der Waals surface area contributed by atoms with Crippen molar-refractivity contribution in [2.45, 2.75) is 51.6 Å². The lowest BCUT2D eigenvalue weighted by atomic mass is 9.87. The molecule has 0 N–H and O–H groups in total. The van der Waals surface area contributed by atoms with Gasteiger partial charge in [-0.25, -0.2) is 4.79 Å². The third kappa shape index (κ3) is 2.42. The first-order valence-electron chi connectivity index (χ1n) is 6.07. The molecule has 2 heteroatoms. The first kappa shape index (κ1) is 10.7. The van der Waals surface area contributed by atoms with E-state index in [1.807, 2.05) is 6.92 Å². The second kappa shape index (κ2) is 4.38. The van der Waals surface area contributed by atoms with Crippen molar-refractivity contribution in [3.05, 3.63) is 12.2 Å². The molecule has 0 aromatic rings. The average Bonchev–Trinajstić information content (AvgIpc) is 2.57. The number of carbonyl (C=O) groups excluding carboxylic acids is 1. The molecule has 0 aromatic heterocycles. The summed E-state index contributed by atoms with van der Waals surface area (Å²) in [6.45, 7) is 5.66. The highest BCUT2D eigenvalue weighted by atomic mass is 16.5. The van der Waals surface area contributed by atoms with Crippen LogP contribution in [-0.2, 0) is 9.53 Å². The molecule has 0 radical (unpaired) electrons. The maximum Gasteiger partial charge on any atom is 0.333 e. The van der Waals surface area contributed by atoms with E-state index in [-0.39, 0.29) is 12.1 Å². The van der Waals surface area contributed by atoms with Crippen molar-refractivity contribution in [3.8, 4) is 0 Å². The van der Waals surface area contributed by atoms with Crippen molar-refractivity contribution in [2.24, 2.45) is 11.8 Å². The van der Waals surface area contributed by atoms with Gasteiger partial charge in [0.1, 0.15) is 6.10 Å². The minimum atomic E-state index is -0.177. The molecule has 2 saturated carbocycles. The minimum absolute atomic E-state index is 0.173. The molecule has 0 aromatic carbocycles. The molecule has 0 aliphatic heterocycles. The van der Waals surface area contributed by atoms with Crippen LogP contribution >= 0.6 is 0 Å². The topological polar surface area (TPSA) is 26.3 Å². The molecule has 2 unspecified atom stereocenters. The van der Waals surface area contributed by atoms with Crippen molar-refractivity contribution in [1.82, 2.24) is 0 Å². The molecule has 2 fully saturated rings. The van der Waals surface area contributed by atoms with Crippen LogP contribution in [0.5, 0.6) is 0 Å². The molecule has 15 heavy (non-hydrogen) atoms. The SMILES string of the molecule is C=C(CC)C(=O)OC1CC2CCC(C2)C1. The number of fused-ring (bicyclic) bond motifs is 2. The molecular formula is C13H20O2. The Morgan fingerprint density at radius 2 is 1.87 bits per heavy atom. The van der Waals surface area contributed by atoms with Crippen LogP contribution in [0.1, 0.15) is 45.4 Å². The van der Waals surface area contributed by atoms with Crippen LogP contribution in [0.4, 0.5) is 0 Å². The van der Waals surface area contributed by atoms with Crippen molar-refractivity contribution in [2.75, 3.05) is 0 Å². The lowest BCUT2D eigenvalue weighted by Gasteiger charge is -2.27. The Balaban J connectivity index is 1.85. The number of carbonyl (C=O) groups is 1. The van der Waals surface area contributed by atoms with Crippen LogP contribution in [0.15, 0.2) is 12.2 Å². The van der Waals surface area contributed by atoms with Crippen LogP contribution in [0.3, 0.4) is 0 Å². The first-order valence-corrected chi connectivity index (χ1v) is 6.07. The standard InChI is InChI=1S/C13H20O2/c1-3-9(2)13(14)15-12-7-10-4-5-11(6-10)8-12/h10-12H,2-8H2,1H3. The van der Waals surface area contributed by atoms with Gasteiger partial charge in [0, 0.05) is 5.57 Å². The van der Waals surface area contributed by atoms with Gasteiger partial charge >= 0.3 is 5.97 Å². The summed E-state index contributed by atoms with van der Waals surface area (Å²) in [5, 5.41) is 0. The smallest absolute Gasteiger partial charge is 0.333 e. The van der Waals surface area contributed by atoms with Crippen LogP contribution < -0.4 is 0 Å².